The summed E-state index contributed by atoms with van der Waals surface area (Å²) in [5.41, 5.74) is 7.50. The van der Waals surface area contributed by atoms with Crippen molar-refractivity contribution in [1.82, 2.24) is 9.78 Å². The topological polar surface area (TPSA) is 60.9 Å². The predicted molar refractivity (Wildman–Crippen MR) is 65.3 cm³/mol. The van der Waals surface area contributed by atoms with E-state index in [0.717, 1.165) is 11.3 Å². The SMILES string of the molecule is Cn1ccc(CC(=O)C(N)c2ccccc2)n1. The fourth-order valence-corrected chi connectivity index (χ4v) is 1.69. The molecule has 1 heterocycles. The summed E-state index contributed by atoms with van der Waals surface area (Å²) in [4.78, 5) is 11.9. The minimum absolute atomic E-state index is 0.0186. The van der Waals surface area contributed by atoms with Gasteiger partial charge in [0.15, 0.2) is 5.78 Å². The molecule has 0 amide bonds. The Kier molecular flexibility index (Phi) is 3.35. The lowest BCUT2D eigenvalue weighted by atomic mass is 10.0. The molecule has 0 bridgehead atoms. The van der Waals surface area contributed by atoms with Gasteiger partial charge in [-0.15, -0.1) is 0 Å². The number of aromatic nitrogens is 2. The third kappa shape index (κ3) is 2.79. The van der Waals surface area contributed by atoms with Crippen LogP contribution in [-0.2, 0) is 18.3 Å². The molecule has 2 N–H and O–H groups in total. The summed E-state index contributed by atoms with van der Waals surface area (Å²) in [6.07, 6.45) is 2.09. The third-order valence-corrected chi connectivity index (χ3v) is 2.63. The molecule has 0 aliphatic heterocycles. The fourth-order valence-electron chi connectivity index (χ4n) is 1.69. The molecule has 0 radical (unpaired) electrons. The Morgan fingerprint density at radius 3 is 2.65 bits per heavy atom. The quantitative estimate of drug-likeness (QED) is 0.857. The van der Waals surface area contributed by atoms with E-state index in [0.29, 0.717) is 0 Å². The van der Waals surface area contributed by atoms with Crippen LogP contribution in [0.25, 0.3) is 0 Å². The van der Waals surface area contributed by atoms with E-state index in [1.165, 1.54) is 0 Å². The average Bonchev–Trinajstić information content (AvgIpc) is 2.75. The van der Waals surface area contributed by atoms with Crippen LogP contribution in [0, 0.1) is 0 Å². The Bertz CT molecular complexity index is 504. The summed E-state index contributed by atoms with van der Waals surface area (Å²) in [5, 5.41) is 4.17. The van der Waals surface area contributed by atoms with E-state index in [-0.39, 0.29) is 12.2 Å². The first-order valence-corrected chi connectivity index (χ1v) is 5.48. The van der Waals surface area contributed by atoms with Crippen molar-refractivity contribution in [3.05, 3.63) is 53.9 Å². The van der Waals surface area contributed by atoms with Crippen LogP contribution < -0.4 is 5.73 Å². The van der Waals surface area contributed by atoms with Crippen LogP contribution in [0.1, 0.15) is 17.3 Å². The van der Waals surface area contributed by atoms with E-state index in [2.05, 4.69) is 5.10 Å². The molecule has 1 unspecified atom stereocenters. The first-order chi connectivity index (χ1) is 8.16. The molecule has 2 aromatic rings. The van der Waals surface area contributed by atoms with Gasteiger partial charge in [-0.2, -0.15) is 5.10 Å². The maximum Gasteiger partial charge on any atom is 0.160 e. The summed E-state index contributed by atoms with van der Waals surface area (Å²) in [5.74, 6) is -0.0186. The van der Waals surface area contributed by atoms with Gasteiger partial charge >= 0.3 is 0 Å². The van der Waals surface area contributed by atoms with Crippen LogP contribution in [0.2, 0.25) is 0 Å². The second kappa shape index (κ2) is 4.93. The van der Waals surface area contributed by atoms with Crippen LogP contribution in [0.15, 0.2) is 42.6 Å². The molecular formula is C13H15N3O. The number of nitrogens with zero attached hydrogens (tertiary/aromatic N) is 2. The lowest BCUT2D eigenvalue weighted by Gasteiger charge is -2.09. The first-order valence-electron chi connectivity index (χ1n) is 5.48. The van der Waals surface area contributed by atoms with Gasteiger partial charge in [-0.1, -0.05) is 30.3 Å². The van der Waals surface area contributed by atoms with Crippen molar-refractivity contribution in [2.24, 2.45) is 12.8 Å². The summed E-state index contributed by atoms with van der Waals surface area (Å²) in [7, 11) is 1.82. The predicted octanol–water partition coefficient (Wildman–Crippen LogP) is 1.23. The number of hydrogen-bond donors (Lipinski definition) is 1. The maximum atomic E-state index is 11.9. The molecule has 0 fully saturated rings. The molecule has 0 saturated carbocycles. The number of nitrogens with two attached hydrogens (primary N) is 1. The van der Waals surface area contributed by atoms with Crippen LogP contribution in [0.5, 0.6) is 0 Å². The Balaban J connectivity index is 2.06. The van der Waals surface area contributed by atoms with Gasteiger partial charge in [0.2, 0.25) is 0 Å². The number of Topliss-reactive ketones (excluding diaryl/α,β-unsaturated/α-hetero) is 1. The highest BCUT2D eigenvalue weighted by atomic mass is 16.1. The van der Waals surface area contributed by atoms with Gasteiger partial charge in [-0.25, -0.2) is 0 Å². The van der Waals surface area contributed by atoms with Gasteiger partial charge in [0.25, 0.3) is 0 Å². The molecule has 0 saturated heterocycles. The second-order valence-electron chi connectivity index (χ2n) is 4.01. The Morgan fingerprint density at radius 2 is 2.06 bits per heavy atom. The van der Waals surface area contributed by atoms with Crippen LogP contribution in [0.3, 0.4) is 0 Å². The summed E-state index contributed by atoms with van der Waals surface area (Å²) in [6, 6.07) is 10.6. The summed E-state index contributed by atoms with van der Waals surface area (Å²) in [6.45, 7) is 0. The lowest BCUT2D eigenvalue weighted by molar-refractivity contribution is -0.119. The number of carbonyl (C=O) groups excluding carboxylic acids is 1. The molecule has 1 atom stereocenters. The monoisotopic (exact) mass is 229 g/mol. The lowest BCUT2D eigenvalue weighted by Crippen LogP contribution is -2.23. The van der Waals surface area contributed by atoms with E-state index < -0.39 is 6.04 Å². The fraction of sp³-hybridized carbons (Fsp3) is 0.231. The van der Waals surface area contributed by atoms with Gasteiger partial charge in [0.1, 0.15) is 0 Å². The molecule has 0 aliphatic carbocycles. The number of rotatable bonds is 4. The number of aryl methyl sites for hydroxylation is 1. The van der Waals surface area contributed by atoms with Crippen LogP contribution in [0.4, 0.5) is 0 Å². The molecule has 0 spiro atoms. The minimum Gasteiger partial charge on any atom is -0.318 e. The molecule has 0 aliphatic rings. The van der Waals surface area contributed by atoms with Gasteiger partial charge in [-0.05, 0) is 11.6 Å². The smallest absolute Gasteiger partial charge is 0.160 e. The summed E-state index contributed by atoms with van der Waals surface area (Å²) >= 11 is 0. The maximum absolute atomic E-state index is 11.9. The van der Waals surface area contributed by atoms with Crippen molar-refractivity contribution < 1.29 is 4.79 Å². The zero-order chi connectivity index (χ0) is 12.3. The van der Waals surface area contributed by atoms with Gasteiger partial charge in [0, 0.05) is 13.2 Å². The highest BCUT2D eigenvalue weighted by Gasteiger charge is 2.16. The number of benzene rings is 1. The van der Waals surface area contributed by atoms with Crippen molar-refractivity contribution in [3.63, 3.8) is 0 Å². The second-order valence-corrected chi connectivity index (χ2v) is 4.01. The summed E-state index contributed by atoms with van der Waals surface area (Å²) < 4.78 is 1.68. The van der Waals surface area contributed by atoms with E-state index in [9.17, 15) is 4.79 Å². The van der Waals surface area contributed by atoms with Crippen molar-refractivity contribution >= 4 is 5.78 Å². The van der Waals surface area contributed by atoms with E-state index >= 15 is 0 Å². The molecule has 1 aromatic heterocycles. The number of hydrogen-bond acceptors (Lipinski definition) is 3. The van der Waals surface area contributed by atoms with Crippen molar-refractivity contribution in [2.75, 3.05) is 0 Å². The molecule has 17 heavy (non-hydrogen) atoms. The molecular weight excluding hydrogens is 214 g/mol. The van der Waals surface area contributed by atoms with E-state index in [4.69, 9.17) is 5.73 Å². The molecule has 1 aromatic carbocycles. The Labute approximate surface area is 100 Å². The van der Waals surface area contributed by atoms with Gasteiger partial charge < -0.3 is 5.73 Å². The molecule has 2 rings (SSSR count). The molecule has 88 valence electrons. The van der Waals surface area contributed by atoms with Crippen LogP contribution >= 0.6 is 0 Å². The molecule has 4 heteroatoms. The van der Waals surface area contributed by atoms with Crippen molar-refractivity contribution in [3.8, 4) is 0 Å². The van der Waals surface area contributed by atoms with E-state index in [1.807, 2.05) is 49.6 Å². The zero-order valence-electron chi connectivity index (χ0n) is 9.71. The Hall–Kier alpha value is -1.94. The van der Waals surface area contributed by atoms with Gasteiger partial charge in [-0.3, -0.25) is 9.48 Å². The number of carbonyl (C=O) groups is 1. The first kappa shape index (κ1) is 11.5. The highest BCUT2D eigenvalue weighted by molar-refractivity contribution is 5.86. The normalized spacial score (nSPS) is 12.4. The van der Waals surface area contributed by atoms with Gasteiger partial charge in [0.05, 0.1) is 18.2 Å². The molecule has 4 nitrogen and oxygen atoms in total. The zero-order valence-corrected chi connectivity index (χ0v) is 9.71. The minimum atomic E-state index is -0.571. The van der Waals surface area contributed by atoms with Crippen LogP contribution in [-0.4, -0.2) is 15.6 Å². The average molecular weight is 229 g/mol. The Morgan fingerprint density at radius 1 is 1.35 bits per heavy atom. The third-order valence-electron chi connectivity index (χ3n) is 2.63. The van der Waals surface area contributed by atoms with Crippen molar-refractivity contribution in [2.45, 2.75) is 12.5 Å². The van der Waals surface area contributed by atoms with E-state index in [1.54, 1.807) is 4.68 Å². The van der Waals surface area contributed by atoms with Crippen molar-refractivity contribution in [1.29, 1.82) is 0 Å². The standard InChI is InChI=1S/C13H15N3O/c1-16-8-7-11(15-16)9-12(17)13(14)10-5-3-2-4-6-10/h2-8,13H,9,14H2,1H3. The number of ketones is 1. The highest BCUT2D eigenvalue weighted by Crippen LogP contribution is 2.12. The largest absolute Gasteiger partial charge is 0.318 e.